The first kappa shape index (κ1) is 37.0. The van der Waals surface area contributed by atoms with Crippen molar-refractivity contribution in [3.05, 3.63) is 235 Å². The molecule has 3 atom stereocenters. The molecule has 1 aromatic heterocycles. The van der Waals surface area contributed by atoms with Gasteiger partial charge in [-0.1, -0.05) is 194 Å². The highest BCUT2D eigenvalue weighted by atomic mass is 15.4. The summed E-state index contributed by atoms with van der Waals surface area (Å²) in [6, 6.07) is 80.7. The summed E-state index contributed by atoms with van der Waals surface area (Å²) in [5.74, 6) is 0. The molecule has 3 unspecified atom stereocenters. The zero-order valence-electron chi connectivity index (χ0n) is 35.5. The first-order valence-corrected chi connectivity index (χ1v) is 22.4. The van der Waals surface area contributed by atoms with E-state index in [1.807, 2.05) is 0 Å². The van der Waals surface area contributed by atoms with Gasteiger partial charge < -0.3 is 9.88 Å². The number of fused-ring (bicyclic) bond motifs is 12. The molecule has 0 radical (unpaired) electrons. The first-order chi connectivity index (χ1) is 31.7. The Morgan fingerprint density at radius 1 is 0.438 bits per heavy atom. The third-order valence-corrected chi connectivity index (χ3v) is 14.1. The van der Waals surface area contributed by atoms with Gasteiger partial charge in [0.15, 0.2) is 12.3 Å². The van der Waals surface area contributed by atoms with Crippen molar-refractivity contribution in [3.63, 3.8) is 0 Å². The Balaban J connectivity index is 0.983. The van der Waals surface area contributed by atoms with Crippen LogP contribution in [0.15, 0.2) is 218 Å². The fourth-order valence-electron chi connectivity index (χ4n) is 11.2. The van der Waals surface area contributed by atoms with Gasteiger partial charge in [-0.3, -0.25) is 0 Å². The van der Waals surface area contributed by atoms with Crippen LogP contribution in [0.1, 0.15) is 35.2 Å². The molecule has 2 heterocycles. The van der Waals surface area contributed by atoms with Crippen LogP contribution >= 0.6 is 0 Å². The fourth-order valence-corrected chi connectivity index (χ4v) is 11.2. The lowest BCUT2D eigenvalue weighted by molar-refractivity contribution is -0.771. The first-order valence-electron chi connectivity index (χ1n) is 22.4. The monoisotopic (exact) mass is 821 g/mol. The highest BCUT2D eigenvalue weighted by Crippen LogP contribution is 2.47. The van der Waals surface area contributed by atoms with Crippen molar-refractivity contribution in [2.75, 3.05) is 7.05 Å². The van der Waals surface area contributed by atoms with Crippen LogP contribution in [0.2, 0.25) is 0 Å². The molecule has 0 bridgehead atoms. The molecule has 4 nitrogen and oxygen atoms in total. The van der Waals surface area contributed by atoms with E-state index in [0.717, 1.165) is 0 Å². The number of aromatic nitrogens is 1. The number of benzene rings is 11. The topological polar surface area (TPSA) is 36.8 Å². The lowest BCUT2D eigenvalue weighted by atomic mass is 9.88. The van der Waals surface area contributed by atoms with Gasteiger partial charge >= 0.3 is 0 Å². The summed E-state index contributed by atoms with van der Waals surface area (Å²) in [5.41, 5.74) is 9.95. The Bertz CT molecular complexity index is 3770. The van der Waals surface area contributed by atoms with E-state index in [0.29, 0.717) is 0 Å². The van der Waals surface area contributed by atoms with Crippen LogP contribution in [0.25, 0.3) is 92.5 Å². The molecule has 1 saturated heterocycles. The molecular formula is C60H45N4+. The van der Waals surface area contributed by atoms with Crippen LogP contribution < -0.4 is 10.6 Å². The molecule has 1 fully saturated rings. The second kappa shape index (κ2) is 14.8. The number of nitrogens with one attached hydrogen (secondary N) is 1. The highest BCUT2D eigenvalue weighted by Gasteiger charge is 2.39. The van der Waals surface area contributed by atoms with Crippen molar-refractivity contribution < 1.29 is 5.32 Å². The molecule has 304 valence electrons. The lowest BCUT2D eigenvalue weighted by Gasteiger charge is -2.43. The van der Waals surface area contributed by atoms with Gasteiger partial charge in [-0.25, -0.2) is 10.2 Å². The summed E-state index contributed by atoms with van der Waals surface area (Å²) in [7, 11) is 2.27. The van der Waals surface area contributed by atoms with Crippen LogP contribution in [0.3, 0.4) is 0 Å². The third kappa shape index (κ3) is 5.67. The van der Waals surface area contributed by atoms with Crippen molar-refractivity contribution in [1.82, 2.24) is 14.8 Å². The van der Waals surface area contributed by atoms with E-state index in [2.05, 4.69) is 246 Å². The number of hydrogen-bond donors (Lipinski definition) is 2. The van der Waals surface area contributed by atoms with Gasteiger partial charge in [0.25, 0.3) is 0 Å². The van der Waals surface area contributed by atoms with Gasteiger partial charge in [-0.05, 0) is 91.1 Å². The minimum absolute atomic E-state index is 0.0262. The number of nitrogens with two attached hydrogens (primary N) is 1. The molecule has 1 aliphatic rings. The zero-order valence-corrected chi connectivity index (χ0v) is 35.5. The Labute approximate surface area is 371 Å². The predicted molar refractivity (Wildman–Crippen MR) is 268 cm³/mol. The summed E-state index contributed by atoms with van der Waals surface area (Å²) in [6.07, 6.45) is 0.0567. The number of hydrogen-bond acceptors (Lipinski definition) is 2. The molecular weight excluding hydrogens is 777 g/mol. The summed E-state index contributed by atoms with van der Waals surface area (Å²) in [4.78, 5) is 2.51. The SMILES string of the molecule is CN1C(c2ccc(-c3cc4c5ccccc5c5c(c6ccccc6n5-c5ccccc5)c4c4ccccc34)cc2)NC(c2cccc3ccccc23)[NH2+]C1c1cccc2ccccc12. The second-order valence-corrected chi connectivity index (χ2v) is 17.5. The lowest BCUT2D eigenvalue weighted by Crippen LogP contribution is -2.94. The van der Waals surface area contributed by atoms with Gasteiger partial charge in [0, 0.05) is 38.4 Å². The second-order valence-electron chi connectivity index (χ2n) is 17.5. The molecule has 0 spiro atoms. The van der Waals surface area contributed by atoms with Crippen molar-refractivity contribution in [2.45, 2.75) is 18.5 Å². The van der Waals surface area contributed by atoms with Crippen LogP contribution in [0.5, 0.6) is 0 Å². The average molecular weight is 822 g/mol. The van der Waals surface area contributed by atoms with Gasteiger partial charge in [-0.2, -0.15) is 0 Å². The maximum Gasteiger partial charge on any atom is 0.172 e. The van der Waals surface area contributed by atoms with Crippen molar-refractivity contribution in [2.24, 2.45) is 0 Å². The molecule has 1 aliphatic heterocycles. The molecule has 3 N–H and O–H groups in total. The standard InChI is InChI=1S/C60H44N4/c1-63-59(61-58(49-30-15-19-38-17-5-7-23-43(38)49)62-60(63)50-31-16-20-39-18-6-8-24-44(39)50)41-35-33-40(34-36-41)52-37-53-46-26-10-12-28-48(46)57-56(55(53)47-27-11-9-25-45(47)52)51-29-13-14-32-54(51)64(57)42-21-3-2-4-22-42/h2-37,58-62H,1H3/p+1. The van der Waals surface area contributed by atoms with Gasteiger partial charge in [-0.15, -0.1) is 0 Å². The minimum Gasteiger partial charge on any atom is -0.309 e. The number of para-hydroxylation sites is 2. The van der Waals surface area contributed by atoms with Crippen LogP contribution in [-0.2, 0) is 0 Å². The van der Waals surface area contributed by atoms with Crippen molar-refractivity contribution in [1.29, 1.82) is 0 Å². The number of quaternary nitrogens is 1. The van der Waals surface area contributed by atoms with Gasteiger partial charge in [0.1, 0.15) is 0 Å². The Hall–Kier alpha value is -7.60. The quantitative estimate of drug-likeness (QED) is 0.170. The molecule has 0 saturated carbocycles. The van der Waals surface area contributed by atoms with Gasteiger partial charge in [0.2, 0.25) is 0 Å². The van der Waals surface area contributed by atoms with E-state index < -0.39 is 0 Å². The van der Waals surface area contributed by atoms with E-state index in [4.69, 9.17) is 0 Å². The normalized spacial score (nSPS) is 17.1. The maximum absolute atomic E-state index is 4.12. The van der Waals surface area contributed by atoms with E-state index in [1.54, 1.807) is 0 Å². The largest absolute Gasteiger partial charge is 0.309 e. The molecule has 4 heteroatoms. The zero-order chi connectivity index (χ0) is 42.3. The van der Waals surface area contributed by atoms with E-state index in [9.17, 15) is 0 Å². The summed E-state index contributed by atoms with van der Waals surface area (Å²) >= 11 is 0. The maximum atomic E-state index is 4.12. The number of nitrogens with zero attached hydrogens (tertiary/aromatic N) is 2. The van der Waals surface area contributed by atoms with E-state index >= 15 is 0 Å². The average Bonchev–Trinajstić information content (AvgIpc) is 3.71. The Morgan fingerprint density at radius 3 is 1.73 bits per heavy atom. The van der Waals surface area contributed by atoms with Crippen LogP contribution in [0, 0.1) is 0 Å². The van der Waals surface area contributed by atoms with Crippen molar-refractivity contribution >= 4 is 75.7 Å². The molecule has 11 aromatic carbocycles. The van der Waals surface area contributed by atoms with Crippen LogP contribution in [0.4, 0.5) is 0 Å². The Morgan fingerprint density at radius 2 is 1.00 bits per heavy atom. The van der Waals surface area contributed by atoms with E-state index in [-0.39, 0.29) is 18.5 Å². The Kier molecular flexibility index (Phi) is 8.53. The molecule has 0 amide bonds. The summed E-state index contributed by atoms with van der Waals surface area (Å²) in [6.45, 7) is 0. The van der Waals surface area contributed by atoms with Crippen molar-refractivity contribution in [3.8, 4) is 16.8 Å². The van der Waals surface area contributed by atoms with E-state index in [1.165, 1.54) is 109 Å². The smallest absolute Gasteiger partial charge is 0.172 e. The summed E-state index contributed by atoms with van der Waals surface area (Å²) in [5, 5.41) is 21.9. The fraction of sp³-hybridized carbons (Fsp3) is 0.0667. The molecule has 12 aromatic rings. The highest BCUT2D eigenvalue weighted by molar-refractivity contribution is 6.38. The molecule has 13 rings (SSSR count). The minimum atomic E-state index is -0.0421. The number of rotatable bonds is 5. The molecule has 64 heavy (non-hydrogen) atoms. The molecule has 0 aliphatic carbocycles. The summed E-state index contributed by atoms with van der Waals surface area (Å²) < 4.78 is 2.47. The van der Waals surface area contributed by atoms with Crippen LogP contribution in [-0.4, -0.2) is 16.5 Å². The van der Waals surface area contributed by atoms with Gasteiger partial charge in [0.05, 0.1) is 17.2 Å². The third-order valence-electron chi connectivity index (χ3n) is 14.1. The predicted octanol–water partition coefficient (Wildman–Crippen LogP) is 13.7.